The Bertz CT molecular complexity index is 1700. The lowest BCUT2D eigenvalue weighted by atomic mass is 9.73. The normalized spacial score (nSPS) is 16.4. The number of hydrogen-bond acceptors (Lipinski definition) is 7. The molecule has 47 heavy (non-hydrogen) atoms. The van der Waals surface area contributed by atoms with Crippen molar-refractivity contribution in [2.24, 2.45) is 0 Å². The number of allylic oxidation sites excluding steroid dienone is 1. The molecule has 2 saturated heterocycles. The molecule has 0 saturated carbocycles. The summed E-state index contributed by atoms with van der Waals surface area (Å²) >= 11 is 0. The first-order valence-electron chi connectivity index (χ1n) is 16.2. The van der Waals surface area contributed by atoms with Crippen LogP contribution in [-0.2, 0) is 29.8 Å². The second-order valence-electron chi connectivity index (χ2n) is 12.7. The maximum atomic E-state index is 14.6. The highest BCUT2D eigenvalue weighted by Gasteiger charge is 2.48. The molecule has 242 valence electrons. The number of hydrogen-bond donors (Lipinski definition) is 3. The number of likely N-dealkylation sites (tertiary alicyclic amines) is 1. The number of aryl methyl sites for hydroxylation is 2. The summed E-state index contributed by atoms with van der Waals surface area (Å²) in [5, 5.41) is 36.6. The zero-order valence-electron chi connectivity index (χ0n) is 27.2. The van der Waals surface area contributed by atoms with Crippen LogP contribution in [0.4, 0.5) is 0 Å². The molecule has 1 unspecified atom stereocenters. The van der Waals surface area contributed by atoms with Gasteiger partial charge in [0.25, 0.3) is 5.91 Å². The Labute approximate surface area is 277 Å². The molecule has 0 aliphatic carbocycles. The van der Waals surface area contributed by atoms with Gasteiger partial charge >= 0.3 is 5.97 Å². The van der Waals surface area contributed by atoms with E-state index in [1.807, 2.05) is 26.0 Å². The van der Waals surface area contributed by atoms with Crippen LogP contribution in [0.1, 0.15) is 63.0 Å². The second-order valence-corrected chi connectivity index (χ2v) is 12.7. The summed E-state index contributed by atoms with van der Waals surface area (Å²) < 4.78 is 0. The van der Waals surface area contributed by atoms with Gasteiger partial charge in [0.2, 0.25) is 0 Å². The van der Waals surface area contributed by atoms with E-state index in [9.17, 15) is 25.2 Å². The molecule has 3 N–H and O–H groups in total. The first-order valence-corrected chi connectivity index (χ1v) is 16.2. The zero-order valence-corrected chi connectivity index (χ0v) is 27.2. The minimum Gasteiger partial charge on any atom is -0.478 e. The van der Waals surface area contributed by atoms with E-state index in [-0.39, 0.29) is 23.3 Å². The highest BCUT2D eigenvalue weighted by Crippen LogP contribution is 2.42. The monoisotopic (exact) mass is 630 g/mol. The Hall–Kier alpha value is -4.80. The van der Waals surface area contributed by atoms with Gasteiger partial charge in [-0.15, -0.1) is 0 Å². The topological polar surface area (TPSA) is 132 Å². The van der Waals surface area contributed by atoms with E-state index in [4.69, 9.17) is 0 Å². The quantitative estimate of drug-likeness (QED) is 0.200. The molecule has 1 amide bonds. The number of nitrogens with one attached hydrogen (secondary N) is 2. The third kappa shape index (κ3) is 7.78. The second kappa shape index (κ2) is 15.2. The van der Waals surface area contributed by atoms with E-state index in [1.54, 1.807) is 12.1 Å². The number of carbonyl (C=O) groups excluding carboxylic acids is 1. The van der Waals surface area contributed by atoms with Gasteiger partial charge < -0.3 is 15.7 Å². The third-order valence-corrected chi connectivity index (χ3v) is 9.14. The van der Waals surface area contributed by atoms with Gasteiger partial charge in [-0.3, -0.25) is 14.6 Å². The molecular formula is C38H42N6O3. The number of piperidine rings is 1. The molecule has 2 heterocycles. The molecular weight excluding hydrogens is 588 g/mol. The minimum atomic E-state index is -1.17. The summed E-state index contributed by atoms with van der Waals surface area (Å²) in [6.07, 6.45) is 3.94. The number of carbonyl (C=O) groups is 2. The average Bonchev–Trinajstić information content (AvgIpc) is 3.61. The van der Waals surface area contributed by atoms with E-state index in [1.165, 1.54) is 31.4 Å². The van der Waals surface area contributed by atoms with Gasteiger partial charge in [0.15, 0.2) is 0 Å². The Balaban J connectivity index is 1.68. The molecule has 0 aromatic heterocycles. The number of benzene rings is 3. The van der Waals surface area contributed by atoms with Crippen LogP contribution in [0, 0.1) is 36.5 Å². The SMILES string of the molecule is Cc1cc(C)cc(CC(C(C(=O)NCc2cccc(C(=O)O)c2)=C(C#N)C#N)(c2cccc(CN3CCCCC3)c2)N2CCNC2)c1. The maximum Gasteiger partial charge on any atom is 0.335 e. The molecule has 2 fully saturated rings. The standard InChI is InChI=1S/C38H42N6O3/c1-27-16-28(2)18-31(17-27)21-38(44-15-12-41-26-44,34-11-7-9-30(20-34)25-43-13-4-3-5-14-43)35(33(22-39)23-40)36(45)42-24-29-8-6-10-32(19-29)37(46)47/h6-11,16-20,41H,3-5,12-15,21,24-26H2,1-2H3,(H,42,45)(H,46,47). The van der Waals surface area contributed by atoms with Crippen LogP contribution in [0.2, 0.25) is 0 Å². The fourth-order valence-corrected chi connectivity index (χ4v) is 7.12. The van der Waals surface area contributed by atoms with Gasteiger partial charge in [-0.25, -0.2) is 4.79 Å². The van der Waals surface area contributed by atoms with Crippen LogP contribution in [0.25, 0.3) is 0 Å². The summed E-state index contributed by atoms with van der Waals surface area (Å²) in [5.74, 6) is -1.60. The number of rotatable bonds is 11. The number of carboxylic acid groups (broad SMARTS) is 1. The first kappa shape index (κ1) is 33.6. The van der Waals surface area contributed by atoms with E-state index in [0.717, 1.165) is 47.5 Å². The van der Waals surface area contributed by atoms with E-state index < -0.39 is 17.4 Å². The lowest BCUT2D eigenvalue weighted by molar-refractivity contribution is -0.119. The highest BCUT2D eigenvalue weighted by atomic mass is 16.4. The predicted octanol–water partition coefficient (Wildman–Crippen LogP) is 4.95. The van der Waals surface area contributed by atoms with Gasteiger partial charge in [0, 0.05) is 32.8 Å². The molecule has 5 rings (SSSR count). The van der Waals surface area contributed by atoms with Crippen molar-refractivity contribution in [3.05, 3.63) is 117 Å². The lowest BCUT2D eigenvalue weighted by Gasteiger charge is -2.44. The molecule has 2 aliphatic heterocycles. The van der Waals surface area contributed by atoms with Crippen LogP contribution in [0.15, 0.2) is 77.9 Å². The van der Waals surface area contributed by atoms with Gasteiger partial charge in [-0.2, -0.15) is 10.5 Å². The third-order valence-electron chi connectivity index (χ3n) is 9.14. The van der Waals surface area contributed by atoms with Gasteiger partial charge in [0.1, 0.15) is 17.7 Å². The van der Waals surface area contributed by atoms with E-state index in [0.29, 0.717) is 31.7 Å². The van der Waals surface area contributed by atoms with Crippen LogP contribution < -0.4 is 10.6 Å². The smallest absolute Gasteiger partial charge is 0.335 e. The number of carboxylic acids is 1. The van der Waals surface area contributed by atoms with Crippen molar-refractivity contribution in [2.75, 3.05) is 32.8 Å². The molecule has 2 aliphatic rings. The van der Waals surface area contributed by atoms with Crippen LogP contribution in [0.5, 0.6) is 0 Å². The molecule has 3 aromatic rings. The van der Waals surface area contributed by atoms with Gasteiger partial charge in [-0.1, -0.05) is 72.1 Å². The molecule has 0 bridgehead atoms. The summed E-state index contributed by atoms with van der Waals surface area (Å²) in [7, 11) is 0. The van der Waals surface area contributed by atoms with Crippen molar-refractivity contribution in [3.63, 3.8) is 0 Å². The van der Waals surface area contributed by atoms with Gasteiger partial charge in [0.05, 0.1) is 16.7 Å². The molecule has 9 heteroatoms. The lowest BCUT2D eigenvalue weighted by Crippen LogP contribution is -2.52. The zero-order chi connectivity index (χ0) is 33.4. The van der Waals surface area contributed by atoms with Crippen molar-refractivity contribution in [3.8, 4) is 12.1 Å². The fraction of sp³-hybridized carbons (Fsp3) is 0.368. The Morgan fingerprint density at radius 3 is 2.26 bits per heavy atom. The molecule has 9 nitrogen and oxygen atoms in total. The van der Waals surface area contributed by atoms with E-state index >= 15 is 0 Å². The maximum absolute atomic E-state index is 14.6. The van der Waals surface area contributed by atoms with Crippen LogP contribution >= 0.6 is 0 Å². The van der Waals surface area contributed by atoms with Crippen molar-refractivity contribution >= 4 is 11.9 Å². The number of nitrogens with zero attached hydrogens (tertiary/aromatic N) is 4. The van der Waals surface area contributed by atoms with Crippen molar-refractivity contribution in [1.29, 1.82) is 10.5 Å². The number of aromatic carboxylic acids is 1. The van der Waals surface area contributed by atoms with Gasteiger partial charge in [-0.05, 0) is 80.6 Å². The fourth-order valence-electron chi connectivity index (χ4n) is 7.12. The summed E-state index contributed by atoms with van der Waals surface area (Å²) in [5.41, 5.74) is 4.50. The summed E-state index contributed by atoms with van der Waals surface area (Å²) in [6.45, 7) is 8.72. The van der Waals surface area contributed by atoms with Crippen LogP contribution in [-0.4, -0.2) is 59.6 Å². The predicted molar refractivity (Wildman–Crippen MR) is 180 cm³/mol. The molecule has 3 aromatic carbocycles. The molecule has 0 spiro atoms. The van der Waals surface area contributed by atoms with Crippen molar-refractivity contribution in [1.82, 2.24) is 20.4 Å². The first-order chi connectivity index (χ1) is 22.7. The van der Waals surface area contributed by atoms with Crippen molar-refractivity contribution < 1.29 is 14.7 Å². The summed E-state index contributed by atoms with van der Waals surface area (Å²) in [6, 6.07) is 25.1. The molecule has 0 radical (unpaired) electrons. The molecule has 1 atom stereocenters. The Morgan fingerprint density at radius 2 is 1.60 bits per heavy atom. The average molecular weight is 631 g/mol. The highest BCUT2D eigenvalue weighted by molar-refractivity contribution is 5.98. The Kier molecular flexibility index (Phi) is 10.8. The van der Waals surface area contributed by atoms with E-state index in [2.05, 4.69) is 62.9 Å². The number of nitriles is 2. The summed E-state index contributed by atoms with van der Waals surface area (Å²) in [4.78, 5) is 30.8. The Morgan fingerprint density at radius 1 is 0.894 bits per heavy atom. The van der Waals surface area contributed by atoms with Crippen LogP contribution in [0.3, 0.4) is 0 Å². The van der Waals surface area contributed by atoms with Crippen molar-refractivity contribution in [2.45, 2.75) is 58.2 Å². The number of amides is 1. The minimum absolute atomic E-state index is 0.0282. The largest absolute Gasteiger partial charge is 0.478 e.